The lowest BCUT2D eigenvalue weighted by molar-refractivity contribution is -0.155. The maximum absolute atomic E-state index is 14.1. The minimum absolute atomic E-state index is 0.0171. The van der Waals surface area contributed by atoms with Gasteiger partial charge in [-0.15, -0.1) is 0 Å². The molecule has 220 valence electrons. The number of para-hydroxylation sites is 2. The highest BCUT2D eigenvalue weighted by molar-refractivity contribution is 5.85. The Morgan fingerprint density at radius 2 is 1.90 bits per heavy atom. The molecular formula is C32H41FN4O4. The second kappa shape index (κ2) is 12.5. The van der Waals surface area contributed by atoms with Crippen molar-refractivity contribution in [3.05, 3.63) is 53.8 Å². The van der Waals surface area contributed by atoms with Crippen molar-refractivity contribution in [2.45, 2.75) is 95.7 Å². The predicted octanol–water partition coefficient (Wildman–Crippen LogP) is 6.53. The Morgan fingerprint density at radius 3 is 2.66 bits per heavy atom. The number of halogens is 1. The summed E-state index contributed by atoms with van der Waals surface area (Å²) in [6, 6.07) is 11.4. The first kappa shape index (κ1) is 28.9. The molecule has 1 aliphatic carbocycles. The molecule has 41 heavy (non-hydrogen) atoms. The fourth-order valence-electron chi connectivity index (χ4n) is 6.08. The summed E-state index contributed by atoms with van der Waals surface area (Å²) in [7, 11) is 0. The number of oxazole rings is 1. The average Bonchev–Trinajstić information content (AvgIpc) is 3.51. The number of amides is 1. The molecule has 3 N–H and O–H groups in total. The number of nitrogens with zero attached hydrogens (tertiary/aromatic N) is 1. The molecule has 8 nitrogen and oxygen atoms in total. The Bertz CT molecular complexity index is 1330. The molecule has 1 amide bonds. The summed E-state index contributed by atoms with van der Waals surface area (Å²) in [6.45, 7) is 6.07. The van der Waals surface area contributed by atoms with Gasteiger partial charge in [0.15, 0.2) is 5.58 Å². The molecule has 2 aromatic carbocycles. The fraction of sp³-hybridized carbons (Fsp3) is 0.531. The molecule has 1 fully saturated rings. The van der Waals surface area contributed by atoms with E-state index in [4.69, 9.17) is 9.15 Å². The number of hydrogen-bond acceptors (Lipinski definition) is 7. The summed E-state index contributed by atoms with van der Waals surface area (Å²) >= 11 is 0. The van der Waals surface area contributed by atoms with Crippen molar-refractivity contribution in [1.82, 2.24) is 10.3 Å². The third-order valence-electron chi connectivity index (χ3n) is 7.94. The number of fused-ring (bicyclic) bond motifs is 2. The minimum atomic E-state index is -0.645. The normalized spacial score (nSPS) is 18.8. The quantitative estimate of drug-likeness (QED) is 0.240. The molecule has 2 aliphatic rings. The monoisotopic (exact) mass is 564 g/mol. The van der Waals surface area contributed by atoms with Gasteiger partial charge in [0.2, 0.25) is 5.91 Å². The SMILES string of the molecule is CC(C)(C)OC(=O)C[C@H](CC1CNc2ccc(F)cc21)NC(=O)[C@H](CC1CCCCC1)Nc1nc2ccccc2o1. The standard InChI is InChI=1S/C32H41FN4O4/c1-32(2,3)41-29(38)18-23(16-21-19-34-25-14-13-22(33)17-24(21)25)35-30(39)27(15-20-9-5-4-6-10-20)37-31-36-26-11-7-8-12-28(26)40-31/h7-8,11-14,17,20-21,23,27,34H,4-6,9-10,15-16,18-19H2,1-3H3,(H,35,39)(H,36,37)/t21?,23-,27-/m0/s1. The molecule has 1 saturated carbocycles. The van der Waals surface area contributed by atoms with Crippen molar-refractivity contribution in [3.8, 4) is 0 Å². The topological polar surface area (TPSA) is 105 Å². The molecular weight excluding hydrogens is 523 g/mol. The van der Waals surface area contributed by atoms with Gasteiger partial charge in [-0.25, -0.2) is 4.39 Å². The number of esters is 1. The number of aromatic nitrogens is 1. The van der Waals surface area contributed by atoms with Crippen LogP contribution in [0.4, 0.5) is 16.1 Å². The number of ether oxygens (including phenoxy) is 1. The van der Waals surface area contributed by atoms with Gasteiger partial charge in [0, 0.05) is 24.2 Å². The Balaban J connectivity index is 1.35. The summed E-state index contributed by atoms with van der Waals surface area (Å²) in [6.07, 6.45) is 6.83. The molecule has 2 heterocycles. The van der Waals surface area contributed by atoms with Crippen molar-refractivity contribution in [1.29, 1.82) is 0 Å². The van der Waals surface area contributed by atoms with Crippen molar-refractivity contribution in [2.24, 2.45) is 5.92 Å². The maximum atomic E-state index is 14.1. The predicted molar refractivity (Wildman–Crippen MR) is 157 cm³/mol. The van der Waals surface area contributed by atoms with Gasteiger partial charge in [-0.05, 0) is 75.4 Å². The van der Waals surface area contributed by atoms with E-state index in [1.165, 1.54) is 18.6 Å². The second-order valence-corrected chi connectivity index (χ2v) is 12.5. The summed E-state index contributed by atoms with van der Waals surface area (Å²) in [5.74, 6) is -0.550. The number of carbonyl (C=O) groups is 2. The number of hydrogen-bond donors (Lipinski definition) is 3. The van der Waals surface area contributed by atoms with Crippen LogP contribution in [-0.2, 0) is 14.3 Å². The van der Waals surface area contributed by atoms with E-state index < -0.39 is 17.7 Å². The molecule has 0 saturated heterocycles. The molecule has 3 atom stereocenters. The van der Waals surface area contributed by atoms with E-state index in [9.17, 15) is 14.0 Å². The number of carbonyl (C=O) groups excluding carboxylic acids is 2. The molecule has 9 heteroatoms. The van der Waals surface area contributed by atoms with Crippen molar-refractivity contribution in [3.63, 3.8) is 0 Å². The van der Waals surface area contributed by atoms with E-state index >= 15 is 0 Å². The van der Waals surface area contributed by atoms with Gasteiger partial charge in [0.05, 0.1) is 6.42 Å². The van der Waals surface area contributed by atoms with Gasteiger partial charge in [0.25, 0.3) is 6.01 Å². The number of nitrogens with one attached hydrogen (secondary N) is 3. The van der Waals surface area contributed by atoms with Crippen LogP contribution < -0.4 is 16.0 Å². The minimum Gasteiger partial charge on any atom is -0.460 e. The fourth-order valence-corrected chi connectivity index (χ4v) is 6.08. The number of benzene rings is 2. The van der Waals surface area contributed by atoms with Gasteiger partial charge < -0.3 is 25.1 Å². The van der Waals surface area contributed by atoms with Crippen LogP contribution in [0.5, 0.6) is 0 Å². The highest BCUT2D eigenvalue weighted by atomic mass is 19.1. The van der Waals surface area contributed by atoms with E-state index in [2.05, 4.69) is 20.9 Å². The first-order chi connectivity index (χ1) is 19.6. The molecule has 1 aromatic heterocycles. The Hall–Kier alpha value is -3.62. The molecule has 0 radical (unpaired) electrons. The van der Waals surface area contributed by atoms with Gasteiger partial charge >= 0.3 is 5.97 Å². The van der Waals surface area contributed by atoms with E-state index in [-0.39, 0.29) is 30.0 Å². The second-order valence-electron chi connectivity index (χ2n) is 12.5. The number of anilines is 2. The van der Waals surface area contributed by atoms with Crippen LogP contribution in [0.25, 0.3) is 11.1 Å². The van der Waals surface area contributed by atoms with Gasteiger partial charge in [-0.2, -0.15) is 4.98 Å². The van der Waals surface area contributed by atoms with Crippen LogP contribution >= 0.6 is 0 Å². The highest BCUT2D eigenvalue weighted by Gasteiger charge is 2.32. The summed E-state index contributed by atoms with van der Waals surface area (Å²) in [5.41, 5.74) is 2.46. The first-order valence-corrected chi connectivity index (χ1v) is 14.8. The number of rotatable bonds is 10. The average molecular weight is 565 g/mol. The van der Waals surface area contributed by atoms with Crippen LogP contribution in [0.1, 0.15) is 83.6 Å². The third-order valence-corrected chi connectivity index (χ3v) is 7.94. The van der Waals surface area contributed by atoms with E-state index in [1.54, 1.807) is 6.07 Å². The van der Waals surface area contributed by atoms with Crippen LogP contribution in [0.15, 0.2) is 46.9 Å². The lowest BCUT2D eigenvalue weighted by Gasteiger charge is -2.29. The van der Waals surface area contributed by atoms with Crippen LogP contribution in [0.2, 0.25) is 0 Å². The van der Waals surface area contributed by atoms with Crippen molar-refractivity contribution in [2.75, 3.05) is 17.2 Å². The van der Waals surface area contributed by atoms with Gasteiger partial charge in [-0.1, -0.05) is 44.2 Å². The summed E-state index contributed by atoms with van der Waals surface area (Å²) < 4.78 is 25.6. The smallest absolute Gasteiger partial charge is 0.308 e. The van der Waals surface area contributed by atoms with Crippen LogP contribution in [0, 0.1) is 11.7 Å². The van der Waals surface area contributed by atoms with E-state index in [1.807, 2.05) is 45.0 Å². The lowest BCUT2D eigenvalue weighted by Crippen LogP contribution is -2.47. The Kier molecular flexibility index (Phi) is 8.80. The van der Waals surface area contributed by atoms with Gasteiger partial charge in [-0.3, -0.25) is 9.59 Å². The molecule has 1 aliphatic heterocycles. The lowest BCUT2D eigenvalue weighted by atomic mass is 9.84. The maximum Gasteiger partial charge on any atom is 0.308 e. The van der Waals surface area contributed by atoms with Gasteiger partial charge in [0.1, 0.15) is 23.0 Å². The van der Waals surface area contributed by atoms with Crippen LogP contribution in [-0.4, -0.2) is 41.1 Å². The Morgan fingerprint density at radius 1 is 1.12 bits per heavy atom. The van der Waals surface area contributed by atoms with E-state index in [0.717, 1.165) is 36.9 Å². The zero-order valence-electron chi connectivity index (χ0n) is 24.2. The van der Waals surface area contributed by atoms with Crippen molar-refractivity contribution >= 4 is 34.7 Å². The molecule has 5 rings (SSSR count). The molecule has 0 bridgehead atoms. The third kappa shape index (κ3) is 7.77. The highest BCUT2D eigenvalue weighted by Crippen LogP contribution is 2.36. The molecule has 0 spiro atoms. The zero-order valence-corrected chi connectivity index (χ0v) is 24.2. The Labute approximate surface area is 240 Å². The van der Waals surface area contributed by atoms with Crippen LogP contribution in [0.3, 0.4) is 0 Å². The van der Waals surface area contributed by atoms with E-state index in [0.29, 0.717) is 42.4 Å². The molecule has 1 unspecified atom stereocenters. The zero-order chi connectivity index (χ0) is 29.0. The molecule has 3 aromatic rings. The first-order valence-electron chi connectivity index (χ1n) is 14.8. The summed E-state index contributed by atoms with van der Waals surface area (Å²) in [5, 5.41) is 9.74. The summed E-state index contributed by atoms with van der Waals surface area (Å²) in [4.78, 5) is 31.4. The largest absolute Gasteiger partial charge is 0.460 e. The van der Waals surface area contributed by atoms with Crippen molar-refractivity contribution < 1.29 is 23.1 Å².